The summed E-state index contributed by atoms with van der Waals surface area (Å²) in [6, 6.07) is 8.11. The van der Waals surface area contributed by atoms with Gasteiger partial charge in [0.25, 0.3) is 0 Å². The first kappa shape index (κ1) is 24.3. The molecule has 0 bridgehead atoms. The normalized spacial score (nSPS) is 11.9. The van der Waals surface area contributed by atoms with Crippen molar-refractivity contribution >= 4 is 22.4 Å². The quantitative estimate of drug-likeness (QED) is 0.381. The van der Waals surface area contributed by atoms with Gasteiger partial charge in [-0.25, -0.2) is 9.18 Å². The van der Waals surface area contributed by atoms with E-state index in [-0.39, 0.29) is 34.8 Å². The molecule has 35 heavy (non-hydrogen) atoms. The third-order valence-electron chi connectivity index (χ3n) is 5.41. The molecule has 0 spiro atoms. The lowest BCUT2D eigenvalue weighted by Gasteiger charge is -2.14. The Kier molecular flexibility index (Phi) is 6.28. The highest BCUT2D eigenvalue weighted by atomic mass is 19.4. The maximum Gasteiger partial charge on any atom is 0.422 e. The first-order valence-electron chi connectivity index (χ1n) is 10.6. The minimum Gasteiger partial charge on any atom is -0.483 e. The molecule has 0 unspecified atom stereocenters. The zero-order chi connectivity index (χ0) is 25.5. The Morgan fingerprint density at radius 3 is 2.51 bits per heavy atom. The Bertz CT molecular complexity index is 1450. The standard InChI is InChI=1S/C22H22F4N6O3/c1-4-31-16(10-33)28-32(21(31)34)14-9-15(35-11-22(24,25)26)17-19(18(14)23)30(3)29-20(17)27-13-8-6-5-7-12(13)2/h5-9,33H,4,10-11H2,1-3H3,(H,27,29). The second-order valence-corrected chi connectivity index (χ2v) is 7.76. The van der Waals surface area contributed by atoms with Gasteiger partial charge < -0.3 is 15.2 Å². The monoisotopic (exact) mass is 494 g/mol. The molecule has 0 fully saturated rings. The number of fused-ring (bicyclic) bond motifs is 1. The maximum atomic E-state index is 15.8. The number of aryl methyl sites for hydroxylation is 2. The highest BCUT2D eigenvalue weighted by Gasteiger charge is 2.31. The van der Waals surface area contributed by atoms with E-state index < -0.39 is 36.6 Å². The van der Waals surface area contributed by atoms with Gasteiger partial charge in [-0.2, -0.15) is 23.0 Å². The molecule has 4 aromatic rings. The largest absolute Gasteiger partial charge is 0.483 e. The van der Waals surface area contributed by atoms with E-state index >= 15 is 4.39 Å². The highest BCUT2D eigenvalue weighted by molar-refractivity contribution is 5.99. The second kappa shape index (κ2) is 9.06. The van der Waals surface area contributed by atoms with E-state index in [2.05, 4.69) is 15.5 Å². The van der Waals surface area contributed by atoms with Crippen LogP contribution in [0, 0.1) is 12.7 Å². The van der Waals surface area contributed by atoms with Crippen LogP contribution < -0.4 is 15.7 Å². The van der Waals surface area contributed by atoms with E-state index in [4.69, 9.17) is 4.74 Å². The number of benzene rings is 2. The molecule has 0 aliphatic carbocycles. The topological polar surface area (TPSA) is 99.1 Å². The fourth-order valence-electron chi connectivity index (χ4n) is 3.77. The molecule has 13 heteroatoms. The van der Waals surface area contributed by atoms with Gasteiger partial charge in [0.1, 0.15) is 23.6 Å². The zero-order valence-corrected chi connectivity index (χ0v) is 19.0. The molecular weight excluding hydrogens is 472 g/mol. The second-order valence-electron chi connectivity index (χ2n) is 7.76. The number of hydrogen-bond acceptors (Lipinski definition) is 6. The van der Waals surface area contributed by atoms with Crippen LogP contribution in [-0.4, -0.2) is 42.0 Å². The number of ether oxygens (including phenoxy) is 1. The summed E-state index contributed by atoms with van der Waals surface area (Å²) in [5.41, 5.74) is 0.0434. The Balaban J connectivity index is 1.97. The fraction of sp³-hybridized carbons (Fsp3) is 0.318. The molecule has 0 radical (unpaired) electrons. The minimum absolute atomic E-state index is 0.0262. The van der Waals surface area contributed by atoms with Crippen LogP contribution in [0.2, 0.25) is 0 Å². The molecule has 2 heterocycles. The summed E-state index contributed by atoms with van der Waals surface area (Å²) in [7, 11) is 1.42. The number of aromatic nitrogens is 5. The van der Waals surface area contributed by atoms with Crippen LogP contribution in [0.4, 0.5) is 29.1 Å². The van der Waals surface area contributed by atoms with Crippen LogP contribution in [0.25, 0.3) is 16.6 Å². The summed E-state index contributed by atoms with van der Waals surface area (Å²) in [6.07, 6.45) is -4.67. The average molecular weight is 494 g/mol. The van der Waals surface area contributed by atoms with Gasteiger partial charge in [-0.3, -0.25) is 9.25 Å². The number of aliphatic hydroxyl groups is 1. The van der Waals surface area contributed by atoms with E-state index in [9.17, 15) is 23.1 Å². The van der Waals surface area contributed by atoms with Gasteiger partial charge in [-0.05, 0) is 25.5 Å². The number of alkyl halides is 3. The van der Waals surface area contributed by atoms with Gasteiger partial charge in [0.2, 0.25) is 0 Å². The molecule has 4 rings (SSSR count). The SMILES string of the molecule is CCn1c(CO)nn(-c2cc(OCC(F)(F)F)c3c(Nc4ccccc4C)nn(C)c3c2F)c1=O. The minimum atomic E-state index is -4.67. The van der Waals surface area contributed by atoms with E-state index in [1.165, 1.54) is 7.05 Å². The van der Waals surface area contributed by atoms with Crippen molar-refractivity contribution in [1.29, 1.82) is 0 Å². The van der Waals surface area contributed by atoms with Crippen molar-refractivity contribution in [2.24, 2.45) is 7.05 Å². The molecule has 2 aromatic heterocycles. The lowest BCUT2D eigenvalue weighted by atomic mass is 10.1. The molecular formula is C22H22F4N6O3. The van der Waals surface area contributed by atoms with Crippen molar-refractivity contribution in [3.63, 3.8) is 0 Å². The molecule has 0 aliphatic rings. The predicted molar refractivity (Wildman–Crippen MR) is 120 cm³/mol. The number of nitrogens with one attached hydrogen (secondary N) is 1. The van der Waals surface area contributed by atoms with E-state index in [1.54, 1.807) is 19.1 Å². The first-order chi connectivity index (χ1) is 16.6. The molecule has 2 aromatic carbocycles. The maximum absolute atomic E-state index is 15.8. The number of hydrogen-bond donors (Lipinski definition) is 2. The third kappa shape index (κ3) is 4.46. The Hall–Kier alpha value is -3.87. The summed E-state index contributed by atoms with van der Waals surface area (Å²) >= 11 is 0. The van der Waals surface area contributed by atoms with Gasteiger partial charge in [0.05, 0.1) is 5.39 Å². The third-order valence-corrected chi connectivity index (χ3v) is 5.41. The van der Waals surface area contributed by atoms with E-state index in [1.807, 2.05) is 19.1 Å². The molecule has 0 saturated carbocycles. The first-order valence-corrected chi connectivity index (χ1v) is 10.6. The number of anilines is 2. The van der Waals surface area contributed by atoms with Gasteiger partial charge >= 0.3 is 11.9 Å². The number of aliphatic hydroxyl groups excluding tert-OH is 1. The molecule has 9 nitrogen and oxygen atoms in total. The predicted octanol–water partition coefficient (Wildman–Crippen LogP) is 3.57. The van der Waals surface area contributed by atoms with Gasteiger partial charge in [-0.1, -0.05) is 18.2 Å². The van der Waals surface area contributed by atoms with Crippen LogP contribution in [0.5, 0.6) is 5.75 Å². The summed E-state index contributed by atoms with van der Waals surface area (Å²) < 4.78 is 62.9. The average Bonchev–Trinajstić information content (AvgIpc) is 3.30. The number of para-hydroxylation sites is 1. The molecule has 0 atom stereocenters. The van der Waals surface area contributed by atoms with Crippen molar-refractivity contribution in [1.82, 2.24) is 24.1 Å². The van der Waals surface area contributed by atoms with Crippen LogP contribution >= 0.6 is 0 Å². The van der Waals surface area contributed by atoms with Crippen molar-refractivity contribution in [3.05, 3.63) is 58.0 Å². The Labute approximate surface area is 196 Å². The van der Waals surface area contributed by atoms with Crippen molar-refractivity contribution in [2.75, 3.05) is 11.9 Å². The molecule has 186 valence electrons. The van der Waals surface area contributed by atoms with Crippen LogP contribution in [0.1, 0.15) is 18.3 Å². The highest BCUT2D eigenvalue weighted by Crippen LogP contribution is 2.39. The van der Waals surface area contributed by atoms with Gasteiger partial charge in [0, 0.05) is 25.3 Å². The number of rotatable bonds is 7. The van der Waals surface area contributed by atoms with E-state index in [0.29, 0.717) is 10.4 Å². The lowest BCUT2D eigenvalue weighted by Crippen LogP contribution is -2.25. The number of nitrogens with zero attached hydrogens (tertiary/aromatic N) is 5. The molecule has 0 aliphatic heterocycles. The van der Waals surface area contributed by atoms with Crippen molar-refractivity contribution in [3.8, 4) is 11.4 Å². The smallest absolute Gasteiger partial charge is 0.422 e. The van der Waals surface area contributed by atoms with E-state index in [0.717, 1.165) is 20.9 Å². The summed E-state index contributed by atoms with van der Waals surface area (Å²) in [5, 5.41) is 20.7. The van der Waals surface area contributed by atoms with Crippen LogP contribution in [-0.2, 0) is 20.2 Å². The summed E-state index contributed by atoms with van der Waals surface area (Å²) in [5.74, 6) is -1.25. The molecule has 0 amide bonds. The summed E-state index contributed by atoms with van der Waals surface area (Å²) in [6.45, 7) is 1.36. The molecule has 0 saturated heterocycles. The van der Waals surface area contributed by atoms with Crippen LogP contribution in [0.15, 0.2) is 35.1 Å². The fourth-order valence-corrected chi connectivity index (χ4v) is 3.77. The van der Waals surface area contributed by atoms with Crippen molar-refractivity contribution < 1.29 is 27.4 Å². The number of halogens is 4. The zero-order valence-electron chi connectivity index (χ0n) is 19.0. The van der Waals surface area contributed by atoms with Crippen molar-refractivity contribution in [2.45, 2.75) is 33.2 Å². The van der Waals surface area contributed by atoms with Crippen LogP contribution in [0.3, 0.4) is 0 Å². The summed E-state index contributed by atoms with van der Waals surface area (Å²) in [4.78, 5) is 12.8. The van der Waals surface area contributed by atoms with Gasteiger partial charge in [0.15, 0.2) is 24.1 Å². The lowest BCUT2D eigenvalue weighted by molar-refractivity contribution is -0.153. The van der Waals surface area contributed by atoms with Gasteiger partial charge in [-0.15, -0.1) is 5.10 Å². The Morgan fingerprint density at radius 2 is 1.91 bits per heavy atom. The molecule has 2 N–H and O–H groups in total. The Morgan fingerprint density at radius 1 is 1.20 bits per heavy atom.